The predicted octanol–water partition coefficient (Wildman–Crippen LogP) is 2.48. The zero-order chi connectivity index (χ0) is 12.1. The first-order chi connectivity index (χ1) is 8.27. The van der Waals surface area contributed by atoms with Crippen molar-refractivity contribution in [3.63, 3.8) is 0 Å². The predicted molar refractivity (Wildman–Crippen MR) is 72.8 cm³/mol. The first-order valence-electron chi connectivity index (χ1n) is 5.69. The van der Waals surface area contributed by atoms with Gasteiger partial charge in [-0.15, -0.1) is 0 Å². The third-order valence-electron chi connectivity index (χ3n) is 2.67. The Labute approximate surface area is 109 Å². The Bertz CT molecular complexity index is 467. The molecule has 0 radical (unpaired) electrons. The molecule has 0 aliphatic rings. The third kappa shape index (κ3) is 3.44. The van der Waals surface area contributed by atoms with Crippen LogP contribution in [-0.4, -0.2) is 20.1 Å². The van der Waals surface area contributed by atoms with Gasteiger partial charge in [0, 0.05) is 0 Å². The average Bonchev–Trinajstić information content (AvgIpc) is 2.38. The molecular formula is C15H16OSe. The van der Waals surface area contributed by atoms with Crippen LogP contribution >= 0.6 is 0 Å². The summed E-state index contributed by atoms with van der Waals surface area (Å²) in [6.45, 7) is 2.13. The second-order valence-corrected chi connectivity index (χ2v) is 6.23. The Kier molecular flexibility index (Phi) is 4.38. The van der Waals surface area contributed by atoms with Crippen molar-refractivity contribution in [1.29, 1.82) is 0 Å². The third-order valence-corrected chi connectivity index (χ3v) is 5.30. The van der Waals surface area contributed by atoms with E-state index >= 15 is 0 Å². The zero-order valence-corrected chi connectivity index (χ0v) is 11.5. The number of rotatable bonds is 4. The molecule has 2 rings (SSSR count). The Balaban J connectivity index is 1.97. The van der Waals surface area contributed by atoms with E-state index in [1.54, 1.807) is 0 Å². The van der Waals surface area contributed by atoms with E-state index < -0.39 is 0 Å². The van der Waals surface area contributed by atoms with Crippen LogP contribution in [0.25, 0.3) is 0 Å². The van der Waals surface area contributed by atoms with Gasteiger partial charge in [0.05, 0.1) is 0 Å². The van der Waals surface area contributed by atoms with E-state index in [-0.39, 0.29) is 6.10 Å². The summed E-state index contributed by atoms with van der Waals surface area (Å²) in [5.74, 6) is 0. The van der Waals surface area contributed by atoms with Gasteiger partial charge in [-0.2, -0.15) is 0 Å². The van der Waals surface area contributed by atoms with Crippen LogP contribution in [-0.2, 0) is 0 Å². The van der Waals surface area contributed by atoms with E-state index in [0.29, 0.717) is 15.0 Å². The standard InChI is InChI=1S/C15H16OSe/c1-12-7-5-6-10-15(12)17-11-14(16)13-8-3-2-4-9-13/h2-10,14,16H,11H2,1H3/t14-/m0/s1. The molecule has 0 aliphatic heterocycles. The minimum absolute atomic E-state index is 0.334. The van der Waals surface area contributed by atoms with Crippen molar-refractivity contribution in [2.24, 2.45) is 0 Å². The number of aliphatic hydroxyl groups is 1. The first kappa shape index (κ1) is 12.4. The van der Waals surface area contributed by atoms with E-state index in [4.69, 9.17) is 0 Å². The van der Waals surface area contributed by atoms with E-state index in [2.05, 4.69) is 31.2 Å². The molecule has 1 nitrogen and oxygen atoms in total. The molecule has 2 aromatic rings. The Hall–Kier alpha value is -1.08. The van der Waals surface area contributed by atoms with Gasteiger partial charge in [0.25, 0.3) is 0 Å². The molecule has 0 heterocycles. The molecule has 1 atom stereocenters. The number of aryl methyl sites for hydroxylation is 1. The maximum absolute atomic E-state index is 10.1. The summed E-state index contributed by atoms with van der Waals surface area (Å²) < 4.78 is 1.38. The minimum atomic E-state index is -0.337. The maximum atomic E-state index is 10.1. The quantitative estimate of drug-likeness (QED) is 0.858. The molecule has 0 saturated carbocycles. The van der Waals surface area contributed by atoms with Crippen molar-refractivity contribution >= 4 is 19.4 Å². The molecular weight excluding hydrogens is 275 g/mol. The van der Waals surface area contributed by atoms with E-state index in [0.717, 1.165) is 10.9 Å². The normalized spacial score (nSPS) is 12.4. The van der Waals surface area contributed by atoms with Crippen molar-refractivity contribution in [2.75, 3.05) is 0 Å². The number of hydrogen-bond acceptors (Lipinski definition) is 1. The van der Waals surface area contributed by atoms with Crippen LogP contribution in [0.2, 0.25) is 5.32 Å². The second kappa shape index (κ2) is 6.02. The summed E-state index contributed by atoms with van der Waals surface area (Å²) in [5, 5.41) is 10.9. The molecule has 0 amide bonds. The molecule has 0 aromatic heterocycles. The summed E-state index contributed by atoms with van der Waals surface area (Å²) in [7, 11) is 0. The van der Waals surface area contributed by atoms with Gasteiger partial charge in [-0.25, -0.2) is 0 Å². The van der Waals surface area contributed by atoms with E-state index in [1.165, 1.54) is 10.0 Å². The fraction of sp³-hybridized carbons (Fsp3) is 0.200. The van der Waals surface area contributed by atoms with Gasteiger partial charge in [-0.1, -0.05) is 0 Å². The van der Waals surface area contributed by atoms with Crippen LogP contribution in [0.4, 0.5) is 0 Å². The van der Waals surface area contributed by atoms with Crippen LogP contribution in [0.15, 0.2) is 54.6 Å². The monoisotopic (exact) mass is 292 g/mol. The van der Waals surface area contributed by atoms with Crippen molar-refractivity contribution in [3.8, 4) is 0 Å². The second-order valence-electron chi connectivity index (χ2n) is 4.00. The van der Waals surface area contributed by atoms with Gasteiger partial charge in [0.1, 0.15) is 0 Å². The molecule has 2 aromatic carbocycles. The summed E-state index contributed by atoms with van der Waals surface area (Å²) in [4.78, 5) is 0. The Morgan fingerprint density at radius 1 is 1.00 bits per heavy atom. The van der Waals surface area contributed by atoms with E-state index in [1.807, 2.05) is 30.3 Å². The summed E-state index contributed by atoms with van der Waals surface area (Å²) >= 11 is 0.334. The van der Waals surface area contributed by atoms with Gasteiger partial charge in [0.2, 0.25) is 0 Å². The SMILES string of the molecule is Cc1ccccc1[Se]C[C@H](O)c1ccccc1. The zero-order valence-electron chi connectivity index (χ0n) is 9.84. The van der Waals surface area contributed by atoms with Gasteiger partial charge in [-0.3, -0.25) is 0 Å². The van der Waals surface area contributed by atoms with Gasteiger partial charge < -0.3 is 0 Å². The van der Waals surface area contributed by atoms with Crippen LogP contribution < -0.4 is 4.46 Å². The Morgan fingerprint density at radius 2 is 1.65 bits per heavy atom. The fourth-order valence-corrected chi connectivity index (χ4v) is 3.76. The first-order valence-corrected chi connectivity index (χ1v) is 7.75. The molecule has 1 N–H and O–H groups in total. The number of aliphatic hydroxyl groups excluding tert-OH is 1. The summed E-state index contributed by atoms with van der Waals surface area (Å²) in [5.41, 5.74) is 2.34. The van der Waals surface area contributed by atoms with E-state index in [9.17, 15) is 5.11 Å². The molecule has 0 bridgehead atoms. The fourth-order valence-electron chi connectivity index (χ4n) is 1.66. The summed E-state index contributed by atoms with van der Waals surface area (Å²) in [6.07, 6.45) is -0.337. The van der Waals surface area contributed by atoms with Crippen LogP contribution in [0.5, 0.6) is 0 Å². The molecule has 88 valence electrons. The average molecular weight is 291 g/mol. The number of benzene rings is 2. The molecule has 0 unspecified atom stereocenters. The molecule has 17 heavy (non-hydrogen) atoms. The van der Waals surface area contributed by atoms with Crippen molar-refractivity contribution in [3.05, 3.63) is 65.7 Å². The van der Waals surface area contributed by atoms with Crippen LogP contribution in [0.3, 0.4) is 0 Å². The molecule has 2 heteroatoms. The topological polar surface area (TPSA) is 20.2 Å². The van der Waals surface area contributed by atoms with Crippen molar-refractivity contribution in [1.82, 2.24) is 0 Å². The van der Waals surface area contributed by atoms with Gasteiger partial charge >= 0.3 is 109 Å². The molecule has 0 aliphatic carbocycles. The molecule has 0 fully saturated rings. The van der Waals surface area contributed by atoms with Crippen molar-refractivity contribution in [2.45, 2.75) is 18.3 Å². The van der Waals surface area contributed by atoms with Crippen molar-refractivity contribution < 1.29 is 5.11 Å². The Morgan fingerprint density at radius 3 is 2.35 bits per heavy atom. The number of hydrogen-bond donors (Lipinski definition) is 1. The van der Waals surface area contributed by atoms with Gasteiger partial charge in [-0.05, 0) is 0 Å². The van der Waals surface area contributed by atoms with Crippen LogP contribution in [0, 0.1) is 6.92 Å². The summed E-state index contributed by atoms with van der Waals surface area (Å²) in [6, 6.07) is 18.3. The van der Waals surface area contributed by atoms with Crippen LogP contribution in [0.1, 0.15) is 17.2 Å². The molecule has 0 saturated heterocycles. The molecule has 0 spiro atoms. The van der Waals surface area contributed by atoms with Gasteiger partial charge in [0.15, 0.2) is 0 Å².